The van der Waals surface area contributed by atoms with Crippen LogP contribution in [0, 0.1) is 0 Å². The molecule has 0 saturated carbocycles. The summed E-state index contributed by atoms with van der Waals surface area (Å²) < 4.78 is 0. The number of rotatable bonds is 7. The Kier molecular flexibility index (Phi) is 6.64. The van der Waals surface area contributed by atoms with Crippen molar-refractivity contribution < 1.29 is 24.3 Å². The van der Waals surface area contributed by atoms with Gasteiger partial charge in [-0.05, 0) is 34.1 Å². The summed E-state index contributed by atoms with van der Waals surface area (Å²) in [4.78, 5) is 40.0. The molecule has 0 aliphatic heterocycles. The van der Waals surface area contributed by atoms with Gasteiger partial charge in [-0.3, -0.25) is 4.79 Å². The van der Waals surface area contributed by atoms with Crippen LogP contribution in [0.4, 0.5) is 0 Å². The first kappa shape index (κ1) is 18.4. The number of hydrogen-bond donors (Lipinski definition) is 2. The highest BCUT2D eigenvalue weighted by molar-refractivity contribution is 6.06. The van der Waals surface area contributed by atoms with Crippen molar-refractivity contribution in [3.8, 4) is 0 Å². The van der Waals surface area contributed by atoms with Gasteiger partial charge in [0.15, 0.2) is 0 Å². The summed E-state index contributed by atoms with van der Waals surface area (Å²) in [5, 5.41) is 12.9. The molecule has 0 aromatic carbocycles. The van der Waals surface area contributed by atoms with Crippen molar-refractivity contribution in [2.45, 2.75) is 65.6 Å². The molecule has 20 heavy (non-hydrogen) atoms. The number of nitrogens with zero attached hydrogens (tertiary/aromatic N) is 1. The van der Waals surface area contributed by atoms with Gasteiger partial charge < -0.3 is 15.3 Å². The van der Waals surface area contributed by atoms with Crippen molar-refractivity contribution >= 4 is 17.8 Å². The molecule has 0 radical (unpaired) electrons. The highest BCUT2D eigenvalue weighted by Gasteiger charge is 2.48. The topological polar surface area (TPSA) is 95.9 Å². The minimum atomic E-state index is -2.06. The summed E-state index contributed by atoms with van der Waals surface area (Å²) in [7, 11) is 0. The van der Waals surface area contributed by atoms with E-state index in [0.29, 0.717) is 0 Å². The second kappa shape index (κ2) is 7.23. The summed E-state index contributed by atoms with van der Waals surface area (Å²) >= 11 is 0. The van der Waals surface area contributed by atoms with E-state index in [1.165, 1.54) is 12.0 Å². The van der Waals surface area contributed by atoms with Gasteiger partial charge in [0.25, 0.3) is 0 Å². The largest absolute Gasteiger partial charge is 0.479 e. The van der Waals surface area contributed by atoms with E-state index >= 15 is 0 Å². The third-order valence-electron chi connectivity index (χ3n) is 2.84. The molecule has 0 aliphatic rings. The van der Waals surface area contributed by atoms with Crippen LogP contribution < -0.4 is 5.32 Å². The Morgan fingerprint density at radius 3 is 1.90 bits per heavy atom. The molecular formula is C13H24N2O5. The van der Waals surface area contributed by atoms with Gasteiger partial charge in [0.05, 0.1) is 0 Å². The molecule has 7 nitrogen and oxygen atoms in total. The second-order valence-corrected chi connectivity index (χ2v) is 5.17. The molecule has 2 N–H and O–H groups in total. The van der Waals surface area contributed by atoms with Gasteiger partial charge >= 0.3 is 11.9 Å². The lowest BCUT2D eigenvalue weighted by molar-refractivity contribution is -0.218. The van der Waals surface area contributed by atoms with E-state index < -0.39 is 23.4 Å². The molecule has 0 aromatic heterocycles. The fourth-order valence-corrected chi connectivity index (χ4v) is 1.86. The molecule has 0 saturated heterocycles. The summed E-state index contributed by atoms with van der Waals surface area (Å²) in [6.07, 6.45) is -0.106. The van der Waals surface area contributed by atoms with Gasteiger partial charge in [-0.2, -0.15) is 0 Å². The molecule has 1 atom stereocenters. The standard InChI is InChI=1S/C13H24N2O5/c1-7-13(11(17)18,14-10(6)16)12(19)20-15(8(2)3)9(4)5/h8-9H,7H2,1-6H3,(H,14,16)(H,17,18). The lowest BCUT2D eigenvalue weighted by Crippen LogP contribution is -2.61. The lowest BCUT2D eigenvalue weighted by Gasteiger charge is -2.33. The van der Waals surface area contributed by atoms with Crippen molar-refractivity contribution in [3.63, 3.8) is 0 Å². The number of carbonyl (C=O) groups excluding carboxylic acids is 2. The zero-order valence-corrected chi connectivity index (χ0v) is 12.9. The first-order valence-electron chi connectivity index (χ1n) is 6.61. The zero-order chi connectivity index (χ0) is 16.1. The summed E-state index contributed by atoms with van der Waals surface area (Å²) in [6.45, 7) is 9.93. The van der Waals surface area contributed by atoms with E-state index in [0.717, 1.165) is 6.92 Å². The number of carboxylic acid groups (broad SMARTS) is 1. The zero-order valence-electron chi connectivity index (χ0n) is 12.9. The Hall–Kier alpha value is -1.63. The van der Waals surface area contributed by atoms with Crippen LogP contribution in [0.15, 0.2) is 0 Å². The minimum Gasteiger partial charge on any atom is -0.479 e. The van der Waals surface area contributed by atoms with Gasteiger partial charge in [-0.1, -0.05) is 6.92 Å². The van der Waals surface area contributed by atoms with Gasteiger partial charge in [0.1, 0.15) is 0 Å². The average molecular weight is 288 g/mol. The number of hydroxylamine groups is 2. The maximum absolute atomic E-state index is 12.2. The Balaban J connectivity index is 5.34. The molecule has 0 bridgehead atoms. The maximum atomic E-state index is 12.2. The van der Waals surface area contributed by atoms with Crippen molar-refractivity contribution in [2.75, 3.05) is 0 Å². The minimum absolute atomic E-state index is 0.106. The third kappa shape index (κ3) is 4.19. The van der Waals surface area contributed by atoms with Gasteiger partial charge in [-0.25, -0.2) is 9.59 Å². The van der Waals surface area contributed by atoms with Gasteiger partial charge in [-0.15, -0.1) is 5.06 Å². The van der Waals surface area contributed by atoms with Crippen LogP contribution in [-0.2, 0) is 19.2 Å². The Morgan fingerprint density at radius 2 is 1.65 bits per heavy atom. The second-order valence-electron chi connectivity index (χ2n) is 5.17. The van der Waals surface area contributed by atoms with E-state index in [1.807, 2.05) is 27.7 Å². The predicted octanol–water partition coefficient (Wildman–Crippen LogP) is 0.933. The molecule has 116 valence electrons. The Labute approximate surface area is 119 Å². The smallest absolute Gasteiger partial charge is 0.362 e. The highest BCUT2D eigenvalue weighted by atomic mass is 16.7. The van der Waals surface area contributed by atoms with Gasteiger partial charge in [0.2, 0.25) is 11.4 Å². The first-order chi connectivity index (χ1) is 9.08. The molecule has 1 unspecified atom stereocenters. The van der Waals surface area contributed by atoms with Crippen LogP contribution in [-0.4, -0.2) is 45.6 Å². The molecule has 1 amide bonds. The van der Waals surface area contributed by atoms with Crippen LogP contribution >= 0.6 is 0 Å². The van der Waals surface area contributed by atoms with Crippen LogP contribution in [0.3, 0.4) is 0 Å². The van der Waals surface area contributed by atoms with Gasteiger partial charge in [0, 0.05) is 19.0 Å². The third-order valence-corrected chi connectivity index (χ3v) is 2.84. The number of carboxylic acids is 1. The van der Waals surface area contributed by atoms with E-state index in [4.69, 9.17) is 4.84 Å². The quantitative estimate of drug-likeness (QED) is 0.534. The average Bonchev–Trinajstić information content (AvgIpc) is 2.30. The number of aliphatic carboxylic acids is 1. The van der Waals surface area contributed by atoms with E-state index in [-0.39, 0.29) is 18.5 Å². The molecule has 0 rings (SSSR count). The fourth-order valence-electron chi connectivity index (χ4n) is 1.86. The molecule has 7 heteroatoms. The Morgan fingerprint density at radius 1 is 1.20 bits per heavy atom. The Bertz CT molecular complexity index is 373. The first-order valence-corrected chi connectivity index (χ1v) is 6.61. The number of amides is 1. The van der Waals surface area contributed by atoms with E-state index in [2.05, 4.69) is 5.32 Å². The van der Waals surface area contributed by atoms with Crippen LogP contribution in [0.1, 0.15) is 48.0 Å². The summed E-state index contributed by atoms with van der Waals surface area (Å²) in [5.41, 5.74) is -2.06. The molecular weight excluding hydrogens is 264 g/mol. The summed E-state index contributed by atoms with van der Waals surface area (Å²) in [5.74, 6) is -3.04. The lowest BCUT2D eigenvalue weighted by atomic mass is 9.96. The summed E-state index contributed by atoms with van der Waals surface area (Å²) in [6, 6.07) is -0.223. The molecule has 0 aliphatic carbocycles. The monoisotopic (exact) mass is 288 g/mol. The highest BCUT2D eigenvalue weighted by Crippen LogP contribution is 2.17. The number of carbonyl (C=O) groups is 3. The van der Waals surface area contributed by atoms with Crippen molar-refractivity contribution in [1.29, 1.82) is 0 Å². The van der Waals surface area contributed by atoms with Crippen molar-refractivity contribution in [2.24, 2.45) is 0 Å². The molecule has 0 aromatic rings. The molecule has 0 fully saturated rings. The van der Waals surface area contributed by atoms with Crippen LogP contribution in [0.25, 0.3) is 0 Å². The predicted molar refractivity (Wildman–Crippen MR) is 72.7 cm³/mol. The maximum Gasteiger partial charge on any atom is 0.362 e. The van der Waals surface area contributed by atoms with Crippen molar-refractivity contribution in [3.05, 3.63) is 0 Å². The van der Waals surface area contributed by atoms with Crippen LogP contribution in [0.2, 0.25) is 0 Å². The van der Waals surface area contributed by atoms with E-state index in [1.54, 1.807) is 0 Å². The normalized spacial score (nSPS) is 14.2. The number of nitrogens with one attached hydrogen (secondary N) is 1. The number of hydrogen-bond acceptors (Lipinski definition) is 5. The van der Waals surface area contributed by atoms with E-state index in [9.17, 15) is 19.5 Å². The fraction of sp³-hybridized carbons (Fsp3) is 0.769. The molecule has 0 heterocycles. The van der Waals surface area contributed by atoms with Crippen LogP contribution in [0.5, 0.6) is 0 Å². The molecule has 0 spiro atoms. The SMILES string of the molecule is CCC(NC(C)=O)(C(=O)O)C(=O)ON(C(C)C)C(C)C. The van der Waals surface area contributed by atoms with Crippen molar-refractivity contribution in [1.82, 2.24) is 10.4 Å².